The Morgan fingerprint density at radius 2 is 1.76 bits per heavy atom. The molecule has 0 fully saturated rings. The van der Waals surface area contributed by atoms with E-state index in [-0.39, 0.29) is 6.61 Å². The Hall–Kier alpha value is -2.00. The summed E-state index contributed by atoms with van der Waals surface area (Å²) in [6, 6.07) is 15.6. The molecule has 0 bridgehead atoms. The minimum atomic E-state index is 0.0949. The Labute approximate surface area is 101 Å². The quantitative estimate of drug-likeness (QED) is 0.705. The number of nitrogens with one attached hydrogen (secondary N) is 1. The third-order valence-electron chi connectivity index (χ3n) is 2.63. The summed E-state index contributed by atoms with van der Waals surface area (Å²) >= 11 is 0. The zero-order valence-corrected chi connectivity index (χ0v) is 9.56. The van der Waals surface area contributed by atoms with Gasteiger partial charge in [0.2, 0.25) is 0 Å². The fourth-order valence-electron chi connectivity index (χ4n) is 1.79. The second kappa shape index (κ2) is 5.37. The first-order chi connectivity index (χ1) is 8.31. The van der Waals surface area contributed by atoms with E-state index in [0.29, 0.717) is 12.1 Å². The van der Waals surface area contributed by atoms with Crippen molar-refractivity contribution in [2.45, 2.75) is 6.42 Å². The summed E-state index contributed by atoms with van der Waals surface area (Å²) < 4.78 is 0. The summed E-state index contributed by atoms with van der Waals surface area (Å²) in [6.45, 7) is 0.0949. The SMILES string of the molecule is Nc1cccc(Nc2ccccc2)c1CCO. The molecular weight excluding hydrogens is 212 g/mol. The van der Waals surface area contributed by atoms with Crippen molar-refractivity contribution < 1.29 is 5.11 Å². The Balaban J connectivity index is 2.29. The van der Waals surface area contributed by atoms with Gasteiger partial charge in [-0.3, -0.25) is 0 Å². The van der Waals surface area contributed by atoms with Gasteiger partial charge in [-0.1, -0.05) is 24.3 Å². The lowest BCUT2D eigenvalue weighted by molar-refractivity contribution is 0.300. The Morgan fingerprint density at radius 3 is 2.47 bits per heavy atom. The monoisotopic (exact) mass is 228 g/mol. The van der Waals surface area contributed by atoms with Crippen molar-refractivity contribution in [1.82, 2.24) is 0 Å². The van der Waals surface area contributed by atoms with E-state index < -0.39 is 0 Å². The van der Waals surface area contributed by atoms with Crippen LogP contribution in [0.1, 0.15) is 5.56 Å². The normalized spacial score (nSPS) is 10.2. The number of aliphatic hydroxyl groups is 1. The van der Waals surface area contributed by atoms with Gasteiger partial charge in [-0.15, -0.1) is 0 Å². The van der Waals surface area contributed by atoms with Crippen LogP contribution in [0.3, 0.4) is 0 Å². The number of anilines is 3. The van der Waals surface area contributed by atoms with E-state index in [0.717, 1.165) is 16.9 Å². The molecule has 0 aliphatic heterocycles. The highest BCUT2D eigenvalue weighted by molar-refractivity contribution is 5.69. The molecule has 3 nitrogen and oxygen atoms in total. The molecule has 0 aromatic heterocycles. The predicted molar refractivity (Wildman–Crippen MR) is 71.4 cm³/mol. The van der Waals surface area contributed by atoms with Gasteiger partial charge < -0.3 is 16.2 Å². The number of rotatable bonds is 4. The van der Waals surface area contributed by atoms with Crippen LogP contribution < -0.4 is 11.1 Å². The standard InChI is InChI=1S/C14H16N2O/c15-13-7-4-8-14(12(13)9-10-17)16-11-5-2-1-3-6-11/h1-8,16-17H,9-10,15H2. The molecule has 0 amide bonds. The second-order valence-corrected chi connectivity index (χ2v) is 3.84. The molecule has 0 atom stereocenters. The summed E-state index contributed by atoms with van der Waals surface area (Å²) in [4.78, 5) is 0. The van der Waals surface area contributed by atoms with E-state index in [9.17, 15) is 0 Å². The van der Waals surface area contributed by atoms with E-state index >= 15 is 0 Å². The summed E-state index contributed by atoms with van der Waals surface area (Å²) in [5.74, 6) is 0. The maximum absolute atomic E-state index is 9.05. The van der Waals surface area contributed by atoms with Crippen molar-refractivity contribution in [2.24, 2.45) is 0 Å². The van der Waals surface area contributed by atoms with E-state index in [1.807, 2.05) is 48.5 Å². The Bertz CT molecular complexity index is 483. The van der Waals surface area contributed by atoms with Gasteiger partial charge in [0.1, 0.15) is 0 Å². The van der Waals surface area contributed by atoms with Gasteiger partial charge in [0, 0.05) is 29.2 Å². The maximum Gasteiger partial charge on any atom is 0.0473 e. The van der Waals surface area contributed by atoms with Crippen LogP contribution in [0.4, 0.5) is 17.1 Å². The average Bonchev–Trinajstić information content (AvgIpc) is 2.35. The lowest BCUT2D eigenvalue weighted by atomic mass is 10.1. The average molecular weight is 228 g/mol. The molecule has 2 aromatic carbocycles. The highest BCUT2D eigenvalue weighted by atomic mass is 16.2. The fraction of sp³-hybridized carbons (Fsp3) is 0.143. The third kappa shape index (κ3) is 2.77. The van der Waals surface area contributed by atoms with Crippen LogP contribution in [0.25, 0.3) is 0 Å². The highest BCUT2D eigenvalue weighted by Crippen LogP contribution is 2.25. The van der Waals surface area contributed by atoms with Gasteiger partial charge in [0.15, 0.2) is 0 Å². The lowest BCUT2D eigenvalue weighted by Crippen LogP contribution is -2.02. The summed E-state index contributed by atoms with van der Waals surface area (Å²) in [5.41, 5.74) is 9.54. The van der Waals surface area contributed by atoms with Crippen LogP contribution in [0, 0.1) is 0 Å². The zero-order valence-electron chi connectivity index (χ0n) is 9.56. The molecule has 88 valence electrons. The first-order valence-electron chi connectivity index (χ1n) is 5.61. The molecule has 0 unspecified atom stereocenters. The van der Waals surface area contributed by atoms with Crippen LogP contribution in [0.5, 0.6) is 0 Å². The molecule has 0 spiro atoms. The molecule has 17 heavy (non-hydrogen) atoms. The first kappa shape index (κ1) is 11.5. The van der Waals surface area contributed by atoms with Gasteiger partial charge >= 0.3 is 0 Å². The van der Waals surface area contributed by atoms with Gasteiger partial charge in [0.25, 0.3) is 0 Å². The summed E-state index contributed by atoms with van der Waals surface area (Å²) in [7, 11) is 0. The van der Waals surface area contributed by atoms with E-state index in [1.165, 1.54) is 0 Å². The van der Waals surface area contributed by atoms with Crippen molar-refractivity contribution in [3.63, 3.8) is 0 Å². The number of para-hydroxylation sites is 1. The van der Waals surface area contributed by atoms with Gasteiger partial charge in [-0.2, -0.15) is 0 Å². The highest BCUT2D eigenvalue weighted by Gasteiger charge is 2.05. The van der Waals surface area contributed by atoms with E-state index in [1.54, 1.807) is 0 Å². The molecule has 2 aromatic rings. The predicted octanol–water partition coefficient (Wildman–Crippen LogP) is 2.55. The van der Waals surface area contributed by atoms with Crippen molar-refractivity contribution in [3.05, 3.63) is 54.1 Å². The van der Waals surface area contributed by atoms with Gasteiger partial charge in [-0.05, 0) is 30.7 Å². The zero-order chi connectivity index (χ0) is 12.1. The van der Waals surface area contributed by atoms with Crippen molar-refractivity contribution in [3.8, 4) is 0 Å². The summed E-state index contributed by atoms with van der Waals surface area (Å²) in [6.07, 6.45) is 0.557. The molecule has 0 aliphatic carbocycles. The topological polar surface area (TPSA) is 58.3 Å². The first-order valence-corrected chi connectivity index (χ1v) is 5.61. The number of hydrogen-bond donors (Lipinski definition) is 3. The third-order valence-corrected chi connectivity index (χ3v) is 2.63. The number of hydrogen-bond acceptors (Lipinski definition) is 3. The smallest absolute Gasteiger partial charge is 0.0473 e. The van der Waals surface area contributed by atoms with Crippen LogP contribution in [0.2, 0.25) is 0 Å². The molecule has 4 N–H and O–H groups in total. The number of benzene rings is 2. The number of aliphatic hydroxyl groups excluding tert-OH is 1. The van der Waals surface area contributed by atoms with Crippen molar-refractivity contribution in [2.75, 3.05) is 17.7 Å². The minimum Gasteiger partial charge on any atom is -0.398 e. The van der Waals surface area contributed by atoms with Crippen LogP contribution in [0.15, 0.2) is 48.5 Å². The largest absolute Gasteiger partial charge is 0.398 e. The molecule has 0 saturated heterocycles. The molecular formula is C14H16N2O. The number of nitrogens with two attached hydrogens (primary N) is 1. The van der Waals surface area contributed by atoms with Gasteiger partial charge in [-0.25, -0.2) is 0 Å². The maximum atomic E-state index is 9.05. The molecule has 0 aliphatic rings. The molecule has 2 rings (SSSR count). The molecule has 0 saturated carbocycles. The summed E-state index contributed by atoms with van der Waals surface area (Å²) in [5, 5.41) is 12.4. The second-order valence-electron chi connectivity index (χ2n) is 3.84. The van der Waals surface area contributed by atoms with Gasteiger partial charge in [0.05, 0.1) is 0 Å². The lowest BCUT2D eigenvalue weighted by Gasteiger charge is -2.13. The Morgan fingerprint density at radius 1 is 1.00 bits per heavy atom. The number of nitrogen functional groups attached to an aromatic ring is 1. The van der Waals surface area contributed by atoms with Crippen LogP contribution in [-0.4, -0.2) is 11.7 Å². The van der Waals surface area contributed by atoms with Crippen LogP contribution in [-0.2, 0) is 6.42 Å². The minimum absolute atomic E-state index is 0.0949. The Kier molecular flexibility index (Phi) is 3.62. The van der Waals surface area contributed by atoms with E-state index in [2.05, 4.69) is 5.32 Å². The molecule has 0 heterocycles. The molecule has 3 heteroatoms. The molecule has 0 radical (unpaired) electrons. The fourth-order valence-corrected chi connectivity index (χ4v) is 1.79. The van der Waals surface area contributed by atoms with E-state index in [4.69, 9.17) is 10.8 Å². The van der Waals surface area contributed by atoms with Crippen molar-refractivity contribution >= 4 is 17.1 Å². The van der Waals surface area contributed by atoms with Crippen molar-refractivity contribution in [1.29, 1.82) is 0 Å². The van der Waals surface area contributed by atoms with Crippen LogP contribution >= 0.6 is 0 Å².